The molecule has 1 aliphatic carbocycles. The molecule has 0 saturated heterocycles. The van der Waals surface area contributed by atoms with E-state index in [4.69, 9.17) is 9.72 Å². The Hall–Kier alpha value is -3.08. The number of aromatic nitrogens is 1. The van der Waals surface area contributed by atoms with E-state index in [1.165, 1.54) is 0 Å². The number of benzene rings is 1. The van der Waals surface area contributed by atoms with Crippen LogP contribution in [0.5, 0.6) is 0 Å². The number of nitrogens with zero attached hydrogens (tertiary/aromatic N) is 1. The molecular weight excluding hydrogens is 350 g/mol. The van der Waals surface area contributed by atoms with Crippen molar-refractivity contribution in [1.82, 2.24) is 4.98 Å². The summed E-state index contributed by atoms with van der Waals surface area (Å²) >= 11 is 0. The van der Waals surface area contributed by atoms with Crippen molar-refractivity contribution in [3.63, 3.8) is 0 Å². The summed E-state index contributed by atoms with van der Waals surface area (Å²) in [6, 6.07) is 13.8. The number of anilines is 2. The van der Waals surface area contributed by atoms with Crippen LogP contribution in [-0.2, 0) is 4.74 Å². The third-order valence-corrected chi connectivity index (χ3v) is 4.13. The summed E-state index contributed by atoms with van der Waals surface area (Å²) < 4.78 is 5.16. The van der Waals surface area contributed by atoms with Gasteiger partial charge in [0.25, 0.3) is 0 Å². The van der Waals surface area contributed by atoms with Gasteiger partial charge in [-0.1, -0.05) is 43.3 Å². The van der Waals surface area contributed by atoms with Crippen molar-refractivity contribution < 1.29 is 9.53 Å². The van der Waals surface area contributed by atoms with Gasteiger partial charge >= 0.3 is 6.09 Å². The third kappa shape index (κ3) is 4.80. The fourth-order valence-electron chi connectivity index (χ4n) is 3.02. The van der Waals surface area contributed by atoms with Crippen LogP contribution in [0.4, 0.5) is 16.2 Å². The van der Waals surface area contributed by atoms with Crippen molar-refractivity contribution in [2.75, 3.05) is 17.2 Å². The molecule has 1 aromatic rings. The van der Waals surface area contributed by atoms with Crippen molar-refractivity contribution in [2.24, 2.45) is 0 Å². The van der Waals surface area contributed by atoms with Crippen LogP contribution in [0.15, 0.2) is 54.6 Å². The minimum atomic E-state index is -0.480. The molecule has 2 aliphatic rings. The molecule has 0 fully saturated rings. The number of amides is 1. The highest BCUT2D eigenvalue weighted by molar-refractivity contribution is 6.03. The van der Waals surface area contributed by atoms with Crippen molar-refractivity contribution in [3.05, 3.63) is 54.6 Å². The predicted molar refractivity (Wildman–Crippen MR) is 116 cm³/mol. The first-order valence-electron chi connectivity index (χ1n) is 9.57. The number of nitrogens with one attached hydrogen (secondary N) is 2. The highest BCUT2D eigenvalue weighted by atomic mass is 16.5. The molecule has 146 valence electrons. The summed E-state index contributed by atoms with van der Waals surface area (Å²) in [4.78, 5) is 16.8. The van der Waals surface area contributed by atoms with Crippen LogP contribution in [0.1, 0.15) is 34.1 Å². The SMILES string of the molecule is CC/C=C/COC(=O)Nc1cccc2c3cccc(NC(C)(C)C)c3nc-2c1. The maximum absolute atomic E-state index is 12.0. The molecule has 5 heteroatoms. The Morgan fingerprint density at radius 2 is 1.93 bits per heavy atom. The number of fused-ring (bicyclic) bond motifs is 3. The van der Waals surface area contributed by atoms with E-state index in [0.717, 1.165) is 34.3 Å². The van der Waals surface area contributed by atoms with Gasteiger partial charge in [0.2, 0.25) is 0 Å². The molecule has 0 unspecified atom stereocenters. The molecule has 0 atom stereocenters. The van der Waals surface area contributed by atoms with Crippen LogP contribution in [0, 0.1) is 0 Å². The monoisotopic (exact) mass is 377 g/mol. The molecule has 3 rings (SSSR count). The van der Waals surface area contributed by atoms with Gasteiger partial charge in [0, 0.05) is 22.2 Å². The summed E-state index contributed by atoms with van der Waals surface area (Å²) in [7, 11) is 0. The zero-order valence-corrected chi connectivity index (χ0v) is 16.9. The van der Waals surface area contributed by atoms with E-state index in [-0.39, 0.29) is 12.1 Å². The van der Waals surface area contributed by atoms with E-state index >= 15 is 0 Å². The molecule has 0 spiro atoms. The lowest BCUT2D eigenvalue weighted by molar-refractivity contribution is 0.174. The largest absolute Gasteiger partial charge is 0.445 e. The maximum atomic E-state index is 12.0. The smallest absolute Gasteiger partial charge is 0.411 e. The average molecular weight is 377 g/mol. The lowest BCUT2D eigenvalue weighted by atomic mass is 10.1. The number of carbonyl (C=O) groups excluding carboxylic acids is 1. The van der Waals surface area contributed by atoms with Gasteiger partial charge in [-0.15, -0.1) is 0 Å². The van der Waals surface area contributed by atoms with Gasteiger partial charge in [0.05, 0.1) is 16.9 Å². The van der Waals surface area contributed by atoms with Gasteiger partial charge in [0.15, 0.2) is 0 Å². The third-order valence-electron chi connectivity index (χ3n) is 4.13. The van der Waals surface area contributed by atoms with Gasteiger partial charge in [-0.2, -0.15) is 0 Å². The standard InChI is InChI=1S/C23H27N3O2/c1-5-6-7-14-28-22(27)24-16-10-8-11-17-18-12-9-13-19(26-23(2,3)4)21(18)25-20(17)15-16/h6-13,15,26H,5,14H2,1-4H3,(H,24,27)/b7-6+. The first kappa shape index (κ1) is 19.7. The molecule has 0 saturated carbocycles. The van der Waals surface area contributed by atoms with Gasteiger partial charge in [0.1, 0.15) is 6.61 Å². The molecule has 0 bridgehead atoms. The van der Waals surface area contributed by atoms with Crippen molar-refractivity contribution in [2.45, 2.75) is 39.7 Å². The van der Waals surface area contributed by atoms with Gasteiger partial charge in [-0.3, -0.25) is 5.32 Å². The topological polar surface area (TPSA) is 63.2 Å². The summed E-state index contributed by atoms with van der Waals surface area (Å²) in [6.07, 6.45) is 4.23. The summed E-state index contributed by atoms with van der Waals surface area (Å²) in [5, 5.41) is 7.37. The quantitative estimate of drug-likeness (QED) is 0.530. The van der Waals surface area contributed by atoms with E-state index in [1.807, 2.05) is 55.5 Å². The molecule has 0 radical (unpaired) electrons. The molecule has 1 aliphatic heterocycles. The molecule has 5 nitrogen and oxygen atoms in total. The van der Waals surface area contributed by atoms with Crippen LogP contribution < -0.4 is 10.6 Å². The maximum Gasteiger partial charge on any atom is 0.411 e. The molecule has 0 aromatic heterocycles. The fourth-order valence-corrected chi connectivity index (χ4v) is 3.02. The summed E-state index contributed by atoms with van der Waals surface area (Å²) in [5.74, 6) is 0. The summed E-state index contributed by atoms with van der Waals surface area (Å²) in [5.41, 5.74) is 4.38. The van der Waals surface area contributed by atoms with Crippen LogP contribution in [0.3, 0.4) is 0 Å². The first-order valence-corrected chi connectivity index (χ1v) is 9.57. The van der Waals surface area contributed by atoms with Gasteiger partial charge in [-0.05, 0) is 45.4 Å². The number of allylic oxidation sites excluding steroid dienone is 1. The van der Waals surface area contributed by atoms with Crippen LogP contribution in [-0.4, -0.2) is 23.2 Å². The zero-order chi connectivity index (χ0) is 20.1. The van der Waals surface area contributed by atoms with Gasteiger partial charge in [-0.25, -0.2) is 9.78 Å². The van der Waals surface area contributed by atoms with Crippen LogP contribution in [0.25, 0.3) is 22.2 Å². The number of rotatable bonds is 5. The highest BCUT2D eigenvalue weighted by Crippen LogP contribution is 2.36. The van der Waals surface area contributed by atoms with E-state index in [2.05, 4.69) is 37.5 Å². The number of carbonyl (C=O) groups is 1. The lowest BCUT2D eigenvalue weighted by Crippen LogP contribution is -2.26. The lowest BCUT2D eigenvalue weighted by Gasteiger charge is -2.22. The number of hydrogen-bond acceptors (Lipinski definition) is 4. The molecule has 1 amide bonds. The average Bonchev–Trinajstić information content (AvgIpc) is 2.84. The minimum Gasteiger partial charge on any atom is -0.445 e. The van der Waals surface area contributed by atoms with E-state index in [0.29, 0.717) is 5.69 Å². The van der Waals surface area contributed by atoms with Crippen LogP contribution >= 0.6 is 0 Å². The zero-order valence-electron chi connectivity index (χ0n) is 16.9. The Kier molecular flexibility index (Phi) is 5.83. The Morgan fingerprint density at radius 3 is 2.68 bits per heavy atom. The summed E-state index contributed by atoms with van der Waals surface area (Å²) in [6.45, 7) is 8.66. The van der Waals surface area contributed by atoms with Gasteiger partial charge < -0.3 is 10.1 Å². The second-order valence-electron chi connectivity index (χ2n) is 7.72. The number of ether oxygens (including phenoxy) is 1. The molecule has 1 heterocycles. The Bertz CT molecular complexity index is 973. The van der Waals surface area contributed by atoms with Crippen LogP contribution in [0.2, 0.25) is 0 Å². The Labute approximate surface area is 166 Å². The number of hydrogen-bond donors (Lipinski definition) is 2. The Morgan fingerprint density at radius 1 is 1.14 bits per heavy atom. The van der Waals surface area contributed by atoms with Crippen molar-refractivity contribution in [3.8, 4) is 11.3 Å². The molecule has 1 aromatic carbocycles. The van der Waals surface area contributed by atoms with E-state index in [9.17, 15) is 4.79 Å². The predicted octanol–water partition coefficient (Wildman–Crippen LogP) is 6.06. The fraction of sp³-hybridized carbons (Fsp3) is 0.304. The highest BCUT2D eigenvalue weighted by Gasteiger charge is 2.17. The number of para-hydroxylation sites is 1. The minimum absolute atomic E-state index is 0.0627. The Balaban J connectivity index is 1.89. The van der Waals surface area contributed by atoms with Crippen molar-refractivity contribution in [1.29, 1.82) is 0 Å². The first-order chi connectivity index (χ1) is 13.4. The van der Waals surface area contributed by atoms with E-state index < -0.39 is 6.09 Å². The normalized spacial score (nSPS) is 11.9. The molecule has 2 N–H and O–H groups in total. The molecular formula is C23H27N3O2. The second kappa shape index (κ2) is 8.30. The van der Waals surface area contributed by atoms with E-state index in [1.54, 1.807) is 0 Å². The van der Waals surface area contributed by atoms with Crippen molar-refractivity contribution >= 4 is 28.4 Å². The second-order valence-corrected chi connectivity index (χ2v) is 7.72. The molecule has 28 heavy (non-hydrogen) atoms.